The van der Waals surface area contributed by atoms with Crippen LogP contribution < -0.4 is 10.7 Å². The van der Waals surface area contributed by atoms with Crippen LogP contribution in [0, 0.1) is 0 Å². The van der Waals surface area contributed by atoms with E-state index in [4.69, 9.17) is 5.73 Å². The number of benzene rings is 1. The normalized spacial score (nSPS) is 11.0. The number of nitrogens with zero attached hydrogens (tertiary/aromatic N) is 3. The Kier molecular flexibility index (Phi) is 4.39. The number of para-hydroxylation sites is 1. The van der Waals surface area contributed by atoms with E-state index >= 15 is 0 Å². The molecule has 0 fully saturated rings. The van der Waals surface area contributed by atoms with Gasteiger partial charge in [0.1, 0.15) is 0 Å². The quantitative estimate of drug-likeness (QED) is 0.759. The van der Waals surface area contributed by atoms with Crippen molar-refractivity contribution in [2.75, 3.05) is 18.1 Å². The Morgan fingerprint density at radius 2 is 1.91 bits per heavy atom. The maximum atomic E-state index is 5.78. The number of nitrogens with two attached hydrogens (primary N) is 1. The summed E-state index contributed by atoms with van der Waals surface area (Å²) in [6.45, 7) is 3.81. The molecule has 4 heteroatoms. The van der Waals surface area contributed by atoms with Gasteiger partial charge >= 0.3 is 0 Å². The molecule has 0 spiro atoms. The summed E-state index contributed by atoms with van der Waals surface area (Å²) in [5, 5.41) is 3.58. The number of anilines is 1. The van der Waals surface area contributed by atoms with Gasteiger partial charge < -0.3 is 5.73 Å². The van der Waals surface area contributed by atoms with Crippen molar-refractivity contribution >= 4 is 16.6 Å². The molecule has 0 saturated carbocycles. The van der Waals surface area contributed by atoms with Crippen LogP contribution in [0.15, 0.2) is 55.0 Å². The molecule has 0 radical (unpaired) electrons. The summed E-state index contributed by atoms with van der Waals surface area (Å²) in [7, 11) is 0. The zero-order chi connectivity index (χ0) is 15.4. The summed E-state index contributed by atoms with van der Waals surface area (Å²) in [5.74, 6) is 0. The van der Waals surface area contributed by atoms with Crippen LogP contribution in [0.2, 0.25) is 0 Å². The molecule has 0 bridgehead atoms. The van der Waals surface area contributed by atoms with Gasteiger partial charge in [0.2, 0.25) is 0 Å². The zero-order valence-electron chi connectivity index (χ0n) is 12.9. The Bertz CT molecular complexity index is 733. The highest BCUT2D eigenvalue weighted by Gasteiger charge is 2.13. The number of pyridine rings is 1. The number of hydrogen-bond donors (Lipinski definition) is 1. The molecular formula is C18H22N4. The minimum absolute atomic E-state index is 0.664. The molecule has 0 amide bonds. The van der Waals surface area contributed by atoms with Crippen molar-refractivity contribution in [3.63, 3.8) is 0 Å². The Hall–Kier alpha value is -2.33. The van der Waals surface area contributed by atoms with E-state index in [0.717, 1.165) is 25.1 Å². The van der Waals surface area contributed by atoms with E-state index in [2.05, 4.69) is 52.1 Å². The molecule has 114 valence electrons. The van der Waals surface area contributed by atoms with Crippen molar-refractivity contribution in [2.24, 2.45) is 5.73 Å². The summed E-state index contributed by atoms with van der Waals surface area (Å²) >= 11 is 0. The van der Waals surface area contributed by atoms with Crippen molar-refractivity contribution in [1.82, 2.24) is 9.66 Å². The molecule has 2 aromatic heterocycles. The second-order valence-electron chi connectivity index (χ2n) is 5.38. The van der Waals surface area contributed by atoms with Crippen molar-refractivity contribution in [3.8, 4) is 0 Å². The average Bonchev–Trinajstić information content (AvgIpc) is 2.93. The monoisotopic (exact) mass is 294 g/mol. The van der Waals surface area contributed by atoms with Crippen molar-refractivity contribution in [1.29, 1.82) is 0 Å². The van der Waals surface area contributed by atoms with E-state index in [1.807, 2.05) is 24.5 Å². The molecule has 0 aliphatic rings. The molecular weight excluding hydrogens is 272 g/mol. The molecule has 22 heavy (non-hydrogen) atoms. The van der Waals surface area contributed by atoms with Crippen LogP contribution in [0.5, 0.6) is 0 Å². The number of fused-ring (bicyclic) bond motifs is 1. The zero-order valence-corrected chi connectivity index (χ0v) is 12.9. The summed E-state index contributed by atoms with van der Waals surface area (Å²) in [6.07, 6.45) is 7.85. The lowest BCUT2D eigenvalue weighted by atomic mass is 10.1. The third kappa shape index (κ3) is 2.70. The van der Waals surface area contributed by atoms with E-state index in [1.165, 1.54) is 16.5 Å². The van der Waals surface area contributed by atoms with E-state index in [0.29, 0.717) is 6.54 Å². The van der Waals surface area contributed by atoms with Gasteiger partial charge in [-0.25, -0.2) is 0 Å². The molecule has 3 aromatic rings. The van der Waals surface area contributed by atoms with Crippen LogP contribution in [-0.2, 0) is 6.42 Å². The van der Waals surface area contributed by atoms with Gasteiger partial charge in [0.25, 0.3) is 0 Å². The third-order valence-corrected chi connectivity index (χ3v) is 3.84. The van der Waals surface area contributed by atoms with Crippen LogP contribution in [0.25, 0.3) is 10.9 Å². The largest absolute Gasteiger partial charge is 0.330 e. The number of rotatable bonds is 6. The first-order valence-electron chi connectivity index (χ1n) is 7.82. The second kappa shape index (κ2) is 6.62. The first kappa shape index (κ1) is 14.6. The summed E-state index contributed by atoms with van der Waals surface area (Å²) < 4.78 is 2.25. The topological polar surface area (TPSA) is 47.1 Å². The Balaban J connectivity index is 2.13. The van der Waals surface area contributed by atoms with Gasteiger partial charge in [-0.3, -0.25) is 14.7 Å². The minimum atomic E-state index is 0.664. The SMILES string of the molecule is CCCN(c1ccncc1)n1cc(CCN)c2ccccc21. The van der Waals surface area contributed by atoms with Gasteiger partial charge in [0.15, 0.2) is 0 Å². The maximum absolute atomic E-state index is 5.78. The highest BCUT2D eigenvalue weighted by Crippen LogP contribution is 2.25. The second-order valence-corrected chi connectivity index (χ2v) is 5.38. The fourth-order valence-electron chi connectivity index (χ4n) is 2.88. The van der Waals surface area contributed by atoms with Gasteiger partial charge in [-0.15, -0.1) is 0 Å². The number of hydrogen-bond acceptors (Lipinski definition) is 3. The lowest BCUT2D eigenvalue weighted by Gasteiger charge is -2.26. The molecule has 0 atom stereocenters. The highest BCUT2D eigenvalue weighted by molar-refractivity contribution is 5.84. The van der Waals surface area contributed by atoms with E-state index < -0.39 is 0 Å². The molecule has 2 heterocycles. The van der Waals surface area contributed by atoms with Crippen molar-refractivity contribution in [2.45, 2.75) is 19.8 Å². The third-order valence-electron chi connectivity index (χ3n) is 3.84. The standard InChI is InChI=1S/C18H22N4/c1-2-13-21(16-8-11-20-12-9-16)22-14-15(7-10-19)17-5-3-4-6-18(17)22/h3-6,8-9,11-12,14H,2,7,10,13,19H2,1H3. The fourth-order valence-corrected chi connectivity index (χ4v) is 2.88. The molecule has 0 saturated heterocycles. The van der Waals surface area contributed by atoms with Crippen molar-refractivity contribution < 1.29 is 0 Å². The van der Waals surface area contributed by atoms with E-state index in [-0.39, 0.29) is 0 Å². The Morgan fingerprint density at radius 3 is 2.64 bits per heavy atom. The first-order valence-corrected chi connectivity index (χ1v) is 7.82. The molecule has 0 unspecified atom stereocenters. The predicted molar refractivity (Wildman–Crippen MR) is 92.0 cm³/mol. The molecule has 1 aromatic carbocycles. The molecule has 0 aliphatic heterocycles. The van der Waals surface area contributed by atoms with Gasteiger partial charge in [0, 0.05) is 30.5 Å². The van der Waals surface area contributed by atoms with Gasteiger partial charge in [-0.1, -0.05) is 25.1 Å². The number of aromatic nitrogens is 2. The Labute approximate surface area is 131 Å². The Morgan fingerprint density at radius 1 is 1.14 bits per heavy atom. The smallest absolute Gasteiger partial charge is 0.0701 e. The summed E-state index contributed by atoms with van der Waals surface area (Å²) in [4.78, 5) is 4.13. The van der Waals surface area contributed by atoms with Crippen molar-refractivity contribution in [3.05, 3.63) is 60.6 Å². The maximum Gasteiger partial charge on any atom is 0.0701 e. The van der Waals surface area contributed by atoms with Crippen LogP contribution in [0.3, 0.4) is 0 Å². The molecule has 3 rings (SSSR count). The summed E-state index contributed by atoms with van der Waals surface area (Å²) in [6, 6.07) is 12.6. The van der Waals surface area contributed by atoms with E-state index in [1.54, 1.807) is 0 Å². The average molecular weight is 294 g/mol. The van der Waals surface area contributed by atoms with Gasteiger partial charge in [-0.05, 0) is 43.1 Å². The van der Waals surface area contributed by atoms with Crippen LogP contribution >= 0.6 is 0 Å². The molecule has 0 aliphatic carbocycles. The lowest BCUT2D eigenvalue weighted by Crippen LogP contribution is -2.29. The molecule has 4 nitrogen and oxygen atoms in total. The van der Waals surface area contributed by atoms with Crippen LogP contribution in [-0.4, -0.2) is 22.7 Å². The summed E-state index contributed by atoms with van der Waals surface area (Å²) in [5.41, 5.74) is 9.44. The fraction of sp³-hybridized carbons (Fsp3) is 0.278. The highest BCUT2D eigenvalue weighted by atomic mass is 15.5. The van der Waals surface area contributed by atoms with Crippen LogP contribution in [0.1, 0.15) is 18.9 Å². The first-order chi connectivity index (χ1) is 10.8. The molecule has 2 N–H and O–H groups in total. The van der Waals surface area contributed by atoms with Crippen LogP contribution in [0.4, 0.5) is 5.69 Å². The minimum Gasteiger partial charge on any atom is -0.330 e. The lowest BCUT2D eigenvalue weighted by molar-refractivity contribution is 0.693. The van der Waals surface area contributed by atoms with E-state index in [9.17, 15) is 0 Å². The van der Waals surface area contributed by atoms with Gasteiger partial charge in [-0.2, -0.15) is 0 Å². The predicted octanol–water partition coefficient (Wildman–Crippen LogP) is 3.22. The van der Waals surface area contributed by atoms with Gasteiger partial charge in [0.05, 0.1) is 11.2 Å².